The van der Waals surface area contributed by atoms with E-state index in [1.165, 1.54) is 6.42 Å². The van der Waals surface area contributed by atoms with Crippen molar-refractivity contribution < 1.29 is 4.74 Å². The fourth-order valence-electron chi connectivity index (χ4n) is 1.65. The molecule has 1 N–H and O–H groups in total. The molecule has 1 aromatic rings. The van der Waals surface area contributed by atoms with Gasteiger partial charge in [-0.3, -0.25) is 0 Å². The predicted molar refractivity (Wildman–Crippen MR) is 88.1 cm³/mol. The van der Waals surface area contributed by atoms with Gasteiger partial charge in [0.25, 0.3) is 0 Å². The minimum atomic E-state index is 0.647. The molecule has 0 aliphatic carbocycles. The molecule has 0 atom stereocenters. The van der Waals surface area contributed by atoms with E-state index in [2.05, 4.69) is 45.1 Å². The molecule has 1 heterocycles. The van der Waals surface area contributed by atoms with Crippen molar-refractivity contribution in [3.05, 3.63) is 16.2 Å². The molecule has 0 unspecified atom stereocenters. The quantitative estimate of drug-likeness (QED) is 0.437. The molecule has 0 amide bonds. The fourth-order valence-corrected chi connectivity index (χ4v) is 2.07. The van der Waals surface area contributed by atoms with Crippen molar-refractivity contribution in [1.82, 2.24) is 10.3 Å². The lowest BCUT2D eigenvalue weighted by Gasteiger charge is -2.10. The number of aromatic nitrogens is 1. The highest BCUT2D eigenvalue weighted by Crippen LogP contribution is 2.29. The first-order valence-electron chi connectivity index (χ1n) is 7.10. The Hall–Kier alpha value is -1.10. The Labute approximate surface area is 130 Å². The largest absolute Gasteiger partial charge is 0.477 e. The van der Waals surface area contributed by atoms with Crippen molar-refractivity contribution >= 4 is 28.0 Å². The van der Waals surface area contributed by atoms with E-state index in [0.29, 0.717) is 18.4 Å². The first-order chi connectivity index (χ1) is 9.54. The average molecular weight is 342 g/mol. The molecule has 5 heteroatoms. The van der Waals surface area contributed by atoms with Crippen LogP contribution in [-0.2, 0) is 0 Å². The molecule has 0 aliphatic heterocycles. The van der Waals surface area contributed by atoms with Crippen LogP contribution in [0.3, 0.4) is 0 Å². The highest BCUT2D eigenvalue weighted by atomic mass is 79.9. The molecule has 0 radical (unpaired) electrons. The van der Waals surface area contributed by atoms with Gasteiger partial charge < -0.3 is 10.1 Å². The minimum Gasteiger partial charge on any atom is -0.477 e. The van der Waals surface area contributed by atoms with Gasteiger partial charge in [0, 0.05) is 6.54 Å². The Morgan fingerprint density at radius 1 is 1.50 bits per heavy atom. The van der Waals surface area contributed by atoms with Crippen molar-refractivity contribution in [2.45, 2.75) is 40.5 Å². The molecule has 4 nitrogen and oxygen atoms in total. The van der Waals surface area contributed by atoms with Gasteiger partial charge in [-0.05, 0) is 54.6 Å². The zero-order valence-electron chi connectivity index (χ0n) is 12.7. The molecule has 1 aromatic heterocycles. The van der Waals surface area contributed by atoms with Crippen LogP contribution in [0, 0.1) is 12.8 Å². The van der Waals surface area contributed by atoms with Crippen LogP contribution < -0.4 is 10.1 Å². The Morgan fingerprint density at radius 3 is 2.90 bits per heavy atom. The Bertz CT molecular complexity index is 447. The van der Waals surface area contributed by atoms with Crippen molar-refractivity contribution in [3.63, 3.8) is 0 Å². The second-order valence-electron chi connectivity index (χ2n) is 5.08. The van der Waals surface area contributed by atoms with Crippen molar-refractivity contribution in [3.8, 4) is 5.88 Å². The number of rotatable bonds is 8. The van der Waals surface area contributed by atoms with Crippen LogP contribution in [0.4, 0.5) is 5.69 Å². The van der Waals surface area contributed by atoms with E-state index in [9.17, 15) is 0 Å². The Morgan fingerprint density at radius 2 is 2.25 bits per heavy atom. The molecule has 0 aliphatic rings. The van der Waals surface area contributed by atoms with Gasteiger partial charge in [0.15, 0.2) is 0 Å². The topological polar surface area (TPSA) is 46.5 Å². The van der Waals surface area contributed by atoms with Crippen molar-refractivity contribution in [2.24, 2.45) is 10.9 Å². The summed E-state index contributed by atoms with van der Waals surface area (Å²) in [7, 11) is 0. The summed E-state index contributed by atoms with van der Waals surface area (Å²) in [5, 5.41) is 3.04. The third-order valence-corrected chi connectivity index (χ3v) is 3.34. The molecule has 1 rings (SSSR count). The Balaban J connectivity index is 2.63. The van der Waals surface area contributed by atoms with Crippen LogP contribution in [0.25, 0.3) is 0 Å². The molecular weight excluding hydrogens is 318 g/mol. The van der Waals surface area contributed by atoms with Gasteiger partial charge in [0.05, 0.1) is 28.8 Å². The van der Waals surface area contributed by atoms with Gasteiger partial charge >= 0.3 is 0 Å². The molecule has 0 fully saturated rings. The maximum atomic E-state index is 5.72. The molecule has 112 valence electrons. The zero-order valence-corrected chi connectivity index (χ0v) is 14.3. The predicted octanol–water partition coefficient (Wildman–Crippen LogP) is 4.24. The summed E-state index contributed by atoms with van der Waals surface area (Å²) < 4.78 is 6.57. The third kappa shape index (κ3) is 5.90. The lowest BCUT2D eigenvalue weighted by atomic mass is 10.1. The van der Waals surface area contributed by atoms with Gasteiger partial charge in [0.1, 0.15) is 0 Å². The van der Waals surface area contributed by atoms with Crippen LogP contribution in [-0.4, -0.2) is 24.5 Å². The van der Waals surface area contributed by atoms with Gasteiger partial charge in [0.2, 0.25) is 5.88 Å². The number of halogens is 1. The summed E-state index contributed by atoms with van der Waals surface area (Å²) >= 11 is 3.49. The molecule has 0 spiro atoms. The maximum Gasteiger partial charge on any atom is 0.228 e. The summed E-state index contributed by atoms with van der Waals surface area (Å²) in [4.78, 5) is 8.79. The second kappa shape index (κ2) is 8.95. The van der Waals surface area contributed by atoms with Crippen LogP contribution in [0.5, 0.6) is 5.88 Å². The first-order valence-corrected chi connectivity index (χ1v) is 7.89. The molecule has 20 heavy (non-hydrogen) atoms. The van der Waals surface area contributed by atoms with Crippen LogP contribution in [0.15, 0.2) is 15.5 Å². The number of hydrogen-bond donors (Lipinski definition) is 1. The van der Waals surface area contributed by atoms with E-state index in [4.69, 9.17) is 4.74 Å². The van der Waals surface area contributed by atoms with Crippen molar-refractivity contribution in [2.75, 3.05) is 13.2 Å². The molecular formula is C15H24BrN3O. The standard InChI is InChI=1S/C15H24BrN3O/c1-5-17-10-18-14-9-13(16)15(19-12(14)4)20-8-6-7-11(2)3/h9-11H,5-8H2,1-4H3,(H,17,18). The van der Waals surface area contributed by atoms with Crippen LogP contribution in [0.2, 0.25) is 0 Å². The van der Waals surface area contributed by atoms with E-state index in [1.54, 1.807) is 6.34 Å². The van der Waals surface area contributed by atoms with E-state index in [-0.39, 0.29) is 0 Å². The highest BCUT2D eigenvalue weighted by molar-refractivity contribution is 9.10. The highest BCUT2D eigenvalue weighted by Gasteiger charge is 2.08. The lowest BCUT2D eigenvalue weighted by molar-refractivity contribution is 0.285. The van der Waals surface area contributed by atoms with E-state index in [0.717, 1.165) is 28.8 Å². The monoisotopic (exact) mass is 341 g/mol. The third-order valence-electron chi connectivity index (χ3n) is 2.77. The average Bonchev–Trinajstić information content (AvgIpc) is 2.39. The van der Waals surface area contributed by atoms with Gasteiger partial charge in [-0.25, -0.2) is 9.98 Å². The number of ether oxygens (including phenoxy) is 1. The SMILES string of the molecule is CCN/C=N/c1cc(Br)c(OCCCC(C)C)nc1C. The second-order valence-corrected chi connectivity index (χ2v) is 5.93. The number of nitrogens with zero attached hydrogens (tertiary/aromatic N) is 2. The maximum absolute atomic E-state index is 5.72. The smallest absolute Gasteiger partial charge is 0.228 e. The summed E-state index contributed by atoms with van der Waals surface area (Å²) in [6.45, 7) is 9.95. The fraction of sp³-hybridized carbons (Fsp3) is 0.600. The van der Waals surface area contributed by atoms with Crippen molar-refractivity contribution in [1.29, 1.82) is 0 Å². The zero-order chi connectivity index (χ0) is 15.0. The van der Waals surface area contributed by atoms with Crippen LogP contribution >= 0.6 is 15.9 Å². The summed E-state index contributed by atoms with van der Waals surface area (Å²) in [5.74, 6) is 1.35. The number of pyridine rings is 1. The summed E-state index contributed by atoms with van der Waals surface area (Å²) in [6.07, 6.45) is 3.91. The van der Waals surface area contributed by atoms with Gasteiger partial charge in [-0.15, -0.1) is 0 Å². The van der Waals surface area contributed by atoms with Gasteiger partial charge in [-0.2, -0.15) is 0 Å². The summed E-state index contributed by atoms with van der Waals surface area (Å²) in [6, 6.07) is 1.94. The molecule has 0 saturated carbocycles. The van der Waals surface area contributed by atoms with E-state index < -0.39 is 0 Å². The molecule has 0 bridgehead atoms. The van der Waals surface area contributed by atoms with Crippen LogP contribution in [0.1, 0.15) is 39.3 Å². The summed E-state index contributed by atoms with van der Waals surface area (Å²) in [5.41, 5.74) is 1.70. The number of hydrogen-bond acceptors (Lipinski definition) is 3. The Kier molecular flexibility index (Phi) is 7.59. The van der Waals surface area contributed by atoms with E-state index >= 15 is 0 Å². The van der Waals surface area contributed by atoms with Gasteiger partial charge in [-0.1, -0.05) is 13.8 Å². The normalized spacial score (nSPS) is 11.3. The van der Waals surface area contributed by atoms with E-state index in [1.807, 2.05) is 19.9 Å². The first kappa shape index (κ1) is 17.0. The number of aryl methyl sites for hydroxylation is 1. The molecule has 0 aromatic carbocycles. The lowest BCUT2D eigenvalue weighted by Crippen LogP contribution is -2.08. The number of aliphatic imine (C=N–C) groups is 1. The number of nitrogens with one attached hydrogen (secondary N) is 1. The minimum absolute atomic E-state index is 0.647. The molecule has 0 saturated heterocycles.